The number of nitrogens with one attached hydrogen (secondary N) is 1. The molecule has 1 aliphatic rings. The van der Waals surface area contributed by atoms with Gasteiger partial charge in [-0.1, -0.05) is 11.3 Å². The number of hydrogen-bond acceptors (Lipinski definition) is 6. The molecule has 0 bridgehead atoms. The van der Waals surface area contributed by atoms with E-state index in [2.05, 4.69) is 15.3 Å². The van der Waals surface area contributed by atoms with Crippen molar-refractivity contribution in [3.8, 4) is 0 Å². The zero-order valence-electron chi connectivity index (χ0n) is 9.93. The van der Waals surface area contributed by atoms with E-state index in [4.69, 9.17) is 10.9 Å². The van der Waals surface area contributed by atoms with Gasteiger partial charge in [0.1, 0.15) is 0 Å². The maximum Gasteiger partial charge on any atom is 0.197 e. The van der Waals surface area contributed by atoms with Crippen LogP contribution in [0.25, 0.3) is 0 Å². The molecule has 1 saturated heterocycles. The number of rotatable bonds is 6. The summed E-state index contributed by atoms with van der Waals surface area (Å²) >= 11 is 1.61. The van der Waals surface area contributed by atoms with Gasteiger partial charge in [0.2, 0.25) is 0 Å². The molecule has 1 aromatic rings. The summed E-state index contributed by atoms with van der Waals surface area (Å²) in [6.07, 6.45) is 6.40. The number of hydrogen-bond donors (Lipinski definition) is 3. The highest BCUT2D eigenvalue weighted by atomic mass is 32.1. The third-order valence-corrected chi connectivity index (χ3v) is 4.14. The van der Waals surface area contributed by atoms with Crippen molar-refractivity contribution in [2.24, 2.45) is 5.84 Å². The van der Waals surface area contributed by atoms with E-state index in [0.29, 0.717) is 12.6 Å². The summed E-state index contributed by atoms with van der Waals surface area (Å²) in [5.74, 6) is 5.32. The summed E-state index contributed by atoms with van der Waals surface area (Å²) in [4.78, 5) is 7.91. The molecule has 2 rings (SSSR count). The summed E-state index contributed by atoms with van der Waals surface area (Å²) in [6, 6.07) is 0.624. The van der Waals surface area contributed by atoms with E-state index in [-0.39, 0.29) is 0 Å². The van der Waals surface area contributed by atoms with Gasteiger partial charge in [0.25, 0.3) is 0 Å². The predicted molar refractivity (Wildman–Crippen MR) is 69.7 cm³/mol. The molecule has 4 N–H and O–H groups in total. The van der Waals surface area contributed by atoms with Crippen molar-refractivity contribution in [1.82, 2.24) is 9.88 Å². The number of hydrazine groups is 1. The first-order chi connectivity index (χ1) is 8.33. The van der Waals surface area contributed by atoms with Crippen LogP contribution in [-0.2, 0) is 6.54 Å². The van der Waals surface area contributed by atoms with Crippen LogP contribution >= 0.6 is 11.3 Å². The Morgan fingerprint density at radius 3 is 3.24 bits per heavy atom. The highest BCUT2D eigenvalue weighted by Gasteiger charge is 2.24. The van der Waals surface area contributed by atoms with E-state index in [1.165, 1.54) is 17.7 Å². The van der Waals surface area contributed by atoms with Crippen LogP contribution in [0.2, 0.25) is 0 Å². The third kappa shape index (κ3) is 3.38. The molecular formula is C11H20N4OS. The molecule has 1 aromatic heterocycles. The Kier molecular flexibility index (Phi) is 4.73. The lowest BCUT2D eigenvalue weighted by Gasteiger charge is -2.23. The molecule has 0 radical (unpaired) electrons. The van der Waals surface area contributed by atoms with Crippen LogP contribution in [0.3, 0.4) is 0 Å². The standard InChI is InChI=1S/C11H20N4OS/c12-14-11-13-7-10(17-11)8-15-5-1-3-9(15)4-2-6-16/h7,9,16H,1-6,8,12H2,(H,13,14). The Labute approximate surface area is 106 Å². The van der Waals surface area contributed by atoms with Crippen LogP contribution in [0, 0.1) is 0 Å². The molecule has 0 amide bonds. The van der Waals surface area contributed by atoms with Crippen molar-refractivity contribution in [2.45, 2.75) is 38.3 Å². The third-order valence-electron chi connectivity index (χ3n) is 3.23. The van der Waals surface area contributed by atoms with Gasteiger partial charge in [-0.15, -0.1) is 0 Å². The fourth-order valence-corrected chi connectivity index (χ4v) is 3.15. The van der Waals surface area contributed by atoms with Crippen LogP contribution in [0.15, 0.2) is 6.20 Å². The second-order valence-electron chi connectivity index (χ2n) is 4.41. The van der Waals surface area contributed by atoms with Gasteiger partial charge in [0.05, 0.1) is 0 Å². The fraction of sp³-hybridized carbons (Fsp3) is 0.727. The molecule has 0 aromatic carbocycles. The molecule has 1 aliphatic heterocycles. The Hall–Kier alpha value is -0.690. The summed E-state index contributed by atoms with van der Waals surface area (Å²) in [6.45, 7) is 2.40. The zero-order chi connectivity index (χ0) is 12.1. The first kappa shape index (κ1) is 12.8. The molecular weight excluding hydrogens is 236 g/mol. The lowest BCUT2D eigenvalue weighted by Crippen LogP contribution is -2.28. The SMILES string of the molecule is NNc1ncc(CN2CCCC2CCCO)s1. The molecule has 6 heteroatoms. The second kappa shape index (κ2) is 6.30. The van der Waals surface area contributed by atoms with Crippen molar-refractivity contribution in [3.63, 3.8) is 0 Å². The van der Waals surface area contributed by atoms with Gasteiger partial charge < -0.3 is 5.11 Å². The van der Waals surface area contributed by atoms with Gasteiger partial charge in [-0.2, -0.15) is 0 Å². The van der Waals surface area contributed by atoms with Gasteiger partial charge in [-0.05, 0) is 32.2 Å². The average molecular weight is 256 g/mol. The second-order valence-corrected chi connectivity index (χ2v) is 5.52. The lowest BCUT2D eigenvalue weighted by molar-refractivity contribution is 0.211. The predicted octanol–water partition coefficient (Wildman–Crippen LogP) is 1.17. The smallest absolute Gasteiger partial charge is 0.197 e. The minimum Gasteiger partial charge on any atom is -0.396 e. The summed E-state index contributed by atoms with van der Waals surface area (Å²) in [7, 11) is 0. The number of nitrogens with two attached hydrogens (primary N) is 1. The topological polar surface area (TPSA) is 74.4 Å². The Morgan fingerprint density at radius 1 is 1.65 bits per heavy atom. The van der Waals surface area contributed by atoms with Crippen molar-refractivity contribution in [3.05, 3.63) is 11.1 Å². The number of nitrogens with zero attached hydrogens (tertiary/aromatic N) is 2. The molecule has 0 spiro atoms. The number of anilines is 1. The van der Waals surface area contributed by atoms with Crippen LogP contribution in [0.4, 0.5) is 5.13 Å². The van der Waals surface area contributed by atoms with Crippen molar-refractivity contribution >= 4 is 16.5 Å². The summed E-state index contributed by atoms with van der Waals surface area (Å²) < 4.78 is 0. The normalized spacial score (nSPS) is 20.9. The van der Waals surface area contributed by atoms with E-state index in [1.54, 1.807) is 11.3 Å². The molecule has 0 saturated carbocycles. The van der Waals surface area contributed by atoms with Gasteiger partial charge in [-0.3, -0.25) is 10.3 Å². The monoisotopic (exact) mass is 256 g/mol. The van der Waals surface area contributed by atoms with Gasteiger partial charge in [0.15, 0.2) is 5.13 Å². The molecule has 1 unspecified atom stereocenters. The van der Waals surface area contributed by atoms with Crippen molar-refractivity contribution in [1.29, 1.82) is 0 Å². The number of aliphatic hydroxyl groups is 1. The maximum atomic E-state index is 8.89. The highest BCUT2D eigenvalue weighted by molar-refractivity contribution is 7.15. The van der Waals surface area contributed by atoms with Crippen LogP contribution in [-0.4, -0.2) is 34.2 Å². The Bertz CT molecular complexity index is 344. The van der Waals surface area contributed by atoms with Crippen LogP contribution in [0.1, 0.15) is 30.6 Å². The largest absolute Gasteiger partial charge is 0.396 e. The van der Waals surface area contributed by atoms with Gasteiger partial charge in [-0.25, -0.2) is 10.8 Å². The quantitative estimate of drug-likeness (QED) is 0.526. The number of aromatic nitrogens is 1. The van der Waals surface area contributed by atoms with Crippen molar-refractivity contribution < 1.29 is 5.11 Å². The van der Waals surface area contributed by atoms with Gasteiger partial charge in [0, 0.05) is 30.3 Å². The minimum absolute atomic E-state index is 0.298. The minimum atomic E-state index is 0.298. The summed E-state index contributed by atoms with van der Waals surface area (Å²) in [5.41, 5.74) is 2.57. The van der Waals surface area contributed by atoms with E-state index in [1.807, 2.05) is 6.20 Å². The molecule has 0 aliphatic carbocycles. The first-order valence-corrected chi connectivity index (χ1v) is 6.91. The first-order valence-electron chi connectivity index (χ1n) is 6.09. The number of likely N-dealkylation sites (tertiary alicyclic amines) is 1. The molecule has 96 valence electrons. The van der Waals surface area contributed by atoms with E-state index in [0.717, 1.165) is 31.1 Å². The molecule has 17 heavy (non-hydrogen) atoms. The Balaban J connectivity index is 1.88. The van der Waals surface area contributed by atoms with E-state index < -0.39 is 0 Å². The average Bonchev–Trinajstić information content (AvgIpc) is 2.96. The van der Waals surface area contributed by atoms with Gasteiger partial charge >= 0.3 is 0 Å². The molecule has 1 fully saturated rings. The number of nitrogen functional groups attached to an aromatic ring is 1. The van der Waals surface area contributed by atoms with Crippen LogP contribution < -0.4 is 11.3 Å². The Morgan fingerprint density at radius 2 is 2.53 bits per heavy atom. The number of aliphatic hydroxyl groups excluding tert-OH is 1. The molecule has 2 heterocycles. The maximum absolute atomic E-state index is 8.89. The number of thiazole rings is 1. The van der Waals surface area contributed by atoms with E-state index >= 15 is 0 Å². The lowest BCUT2D eigenvalue weighted by atomic mass is 10.1. The molecule has 1 atom stereocenters. The zero-order valence-corrected chi connectivity index (χ0v) is 10.7. The van der Waals surface area contributed by atoms with E-state index in [9.17, 15) is 0 Å². The highest BCUT2D eigenvalue weighted by Crippen LogP contribution is 2.26. The fourth-order valence-electron chi connectivity index (χ4n) is 2.40. The summed E-state index contributed by atoms with van der Waals surface area (Å²) in [5, 5.41) is 9.66. The molecule has 5 nitrogen and oxygen atoms in total. The van der Waals surface area contributed by atoms with Crippen LogP contribution in [0.5, 0.6) is 0 Å². The van der Waals surface area contributed by atoms with Crippen molar-refractivity contribution in [2.75, 3.05) is 18.6 Å².